The summed E-state index contributed by atoms with van der Waals surface area (Å²) >= 11 is 0. The normalized spacial score (nSPS) is 14.6. The second-order valence-corrected chi connectivity index (χ2v) is 8.62. The highest BCUT2D eigenvalue weighted by Crippen LogP contribution is 2.40. The molecule has 2 aromatic carbocycles. The molecule has 198 valence electrons. The van der Waals surface area contributed by atoms with Gasteiger partial charge in [-0.2, -0.15) is 13.2 Å². The molecule has 3 aromatic rings. The SMILES string of the molecule is CCOC(=O)c1cnc2cc(OCC)c(N3CCN(C)CC3)cc2c1Nc1cccc(C(F)(F)F)c1F. The molecule has 0 spiro atoms. The molecule has 1 N–H and O–H groups in total. The number of esters is 1. The summed E-state index contributed by atoms with van der Waals surface area (Å²) in [4.78, 5) is 21.5. The number of nitrogens with zero attached hydrogens (tertiary/aromatic N) is 3. The van der Waals surface area contributed by atoms with Gasteiger partial charge in [0.2, 0.25) is 0 Å². The first-order valence-electron chi connectivity index (χ1n) is 12.0. The molecule has 0 radical (unpaired) electrons. The molecule has 7 nitrogen and oxygen atoms in total. The number of hydrogen-bond acceptors (Lipinski definition) is 7. The minimum absolute atomic E-state index is 0.0281. The number of ether oxygens (including phenoxy) is 2. The van der Waals surface area contributed by atoms with Gasteiger partial charge in [-0.05, 0) is 39.1 Å². The number of benzene rings is 2. The van der Waals surface area contributed by atoms with Gasteiger partial charge in [0.15, 0.2) is 5.82 Å². The Morgan fingerprint density at radius 1 is 1.11 bits per heavy atom. The monoisotopic (exact) mass is 520 g/mol. The molecular weight excluding hydrogens is 492 g/mol. The summed E-state index contributed by atoms with van der Waals surface area (Å²) in [6, 6.07) is 6.44. The number of alkyl halides is 3. The summed E-state index contributed by atoms with van der Waals surface area (Å²) in [5.41, 5.74) is -0.602. The van der Waals surface area contributed by atoms with Crippen molar-refractivity contribution in [1.29, 1.82) is 0 Å². The number of pyridine rings is 1. The molecule has 1 aromatic heterocycles. The molecule has 0 aliphatic carbocycles. The van der Waals surface area contributed by atoms with Crippen LogP contribution in [0.15, 0.2) is 36.5 Å². The minimum atomic E-state index is -4.88. The van der Waals surface area contributed by atoms with Crippen molar-refractivity contribution >= 4 is 33.9 Å². The van der Waals surface area contributed by atoms with Crippen LogP contribution in [0.4, 0.5) is 34.6 Å². The van der Waals surface area contributed by atoms with Crippen LogP contribution in [0, 0.1) is 5.82 Å². The first-order chi connectivity index (χ1) is 17.6. The summed E-state index contributed by atoms with van der Waals surface area (Å²) < 4.78 is 66.1. The van der Waals surface area contributed by atoms with E-state index in [-0.39, 0.29) is 17.9 Å². The summed E-state index contributed by atoms with van der Waals surface area (Å²) in [5, 5.41) is 3.16. The maximum absolute atomic E-state index is 15.0. The molecule has 37 heavy (non-hydrogen) atoms. The fraction of sp³-hybridized carbons (Fsp3) is 0.385. The first-order valence-corrected chi connectivity index (χ1v) is 12.0. The minimum Gasteiger partial charge on any atom is -0.492 e. The number of rotatable bonds is 7. The number of anilines is 3. The van der Waals surface area contributed by atoms with Crippen molar-refractivity contribution in [1.82, 2.24) is 9.88 Å². The maximum Gasteiger partial charge on any atom is 0.419 e. The van der Waals surface area contributed by atoms with Gasteiger partial charge in [-0.3, -0.25) is 4.98 Å². The molecular formula is C26H28F4N4O3. The lowest BCUT2D eigenvalue weighted by atomic mass is 10.1. The van der Waals surface area contributed by atoms with Crippen molar-refractivity contribution in [2.24, 2.45) is 0 Å². The number of nitrogens with one attached hydrogen (secondary N) is 1. The third kappa shape index (κ3) is 5.56. The second-order valence-electron chi connectivity index (χ2n) is 8.62. The standard InChI is InChI=1S/C26H28F4N4O3/c1-4-36-22-14-20-16(13-21(22)34-11-9-33(3)10-12-34)24(17(15-31-20)25(35)37-5-2)32-19-8-6-7-18(23(19)27)26(28,29)30/h6-8,13-15H,4-5,9-12H2,1-3H3,(H,31,32). The van der Waals surface area contributed by atoms with Gasteiger partial charge < -0.3 is 24.6 Å². The highest BCUT2D eigenvalue weighted by atomic mass is 19.4. The van der Waals surface area contributed by atoms with Crippen LogP contribution in [0.5, 0.6) is 5.75 Å². The van der Waals surface area contributed by atoms with Crippen LogP contribution in [-0.2, 0) is 10.9 Å². The average Bonchev–Trinajstić information content (AvgIpc) is 2.85. The van der Waals surface area contributed by atoms with Crippen molar-refractivity contribution in [3.8, 4) is 5.75 Å². The Morgan fingerprint density at radius 2 is 1.84 bits per heavy atom. The van der Waals surface area contributed by atoms with Crippen LogP contribution in [0.25, 0.3) is 10.9 Å². The molecule has 0 bridgehead atoms. The van der Waals surface area contributed by atoms with Crippen LogP contribution in [0.2, 0.25) is 0 Å². The molecule has 1 saturated heterocycles. The maximum atomic E-state index is 15.0. The van der Waals surface area contributed by atoms with Gasteiger partial charge in [0.25, 0.3) is 0 Å². The van der Waals surface area contributed by atoms with E-state index >= 15 is 0 Å². The number of piperazine rings is 1. The van der Waals surface area contributed by atoms with Crippen LogP contribution >= 0.6 is 0 Å². The number of halogens is 4. The van der Waals surface area contributed by atoms with Crippen LogP contribution in [-0.4, -0.2) is 62.3 Å². The number of carbonyl (C=O) groups is 1. The fourth-order valence-corrected chi connectivity index (χ4v) is 4.25. The van der Waals surface area contributed by atoms with Crippen LogP contribution < -0.4 is 15.0 Å². The van der Waals surface area contributed by atoms with Crippen LogP contribution in [0.1, 0.15) is 29.8 Å². The van der Waals surface area contributed by atoms with Crippen molar-refractivity contribution in [2.75, 3.05) is 56.7 Å². The highest BCUT2D eigenvalue weighted by molar-refractivity contribution is 6.07. The molecule has 0 atom stereocenters. The zero-order valence-electron chi connectivity index (χ0n) is 20.8. The van der Waals surface area contributed by atoms with E-state index in [0.717, 1.165) is 37.9 Å². The Hall–Kier alpha value is -3.60. The van der Waals surface area contributed by atoms with Crippen molar-refractivity contribution in [3.05, 3.63) is 53.5 Å². The summed E-state index contributed by atoms with van der Waals surface area (Å²) in [7, 11) is 2.03. The molecule has 1 fully saturated rings. The van der Waals surface area contributed by atoms with Crippen molar-refractivity contribution in [3.63, 3.8) is 0 Å². The van der Waals surface area contributed by atoms with E-state index in [1.807, 2.05) is 14.0 Å². The van der Waals surface area contributed by atoms with Gasteiger partial charge in [-0.25, -0.2) is 9.18 Å². The predicted molar refractivity (Wildman–Crippen MR) is 133 cm³/mol. The number of fused-ring (bicyclic) bond motifs is 1. The Morgan fingerprint density at radius 3 is 2.49 bits per heavy atom. The Balaban J connectivity index is 1.91. The second kappa shape index (κ2) is 10.8. The van der Waals surface area contributed by atoms with E-state index in [1.165, 1.54) is 12.3 Å². The summed E-state index contributed by atoms with van der Waals surface area (Å²) in [6.45, 7) is 7.06. The van der Waals surface area contributed by atoms with Gasteiger partial charge >= 0.3 is 12.1 Å². The number of likely N-dealkylation sites (N-methyl/N-ethyl adjacent to an activating group) is 1. The van der Waals surface area contributed by atoms with Crippen molar-refractivity contribution < 1.29 is 31.8 Å². The molecule has 0 amide bonds. The lowest BCUT2D eigenvalue weighted by molar-refractivity contribution is -0.139. The van der Waals surface area contributed by atoms with Gasteiger partial charge in [-0.1, -0.05) is 6.07 Å². The number of carbonyl (C=O) groups excluding carboxylic acids is 1. The quantitative estimate of drug-likeness (QED) is 0.328. The van der Waals surface area contributed by atoms with E-state index in [0.29, 0.717) is 29.3 Å². The largest absolute Gasteiger partial charge is 0.492 e. The third-order valence-corrected chi connectivity index (χ3v) is 6.15. The van der Waals surface area contributed by atoms with Gasteiger partial charge in [0, 0.05) is 43.8 Å². The van der Waals surface area contributed by atoms with E-state index < -0.39 is 29.2 Å². The Bertz CT molecular complexity index is 1290. The zero-order chi connectivity index (χ0) is 26.7. The van der Waals surface area contributed by atoms with E-state index in [2.05, 4.69) is 20.1 Å². The smallest absolute Gasteiger partial charge is 0.419 e. The molecule has 2 heterocycles. The molecule has 4 rings (SSSR count). The average molecular weight is 521 g/mol. The third-order valence-electron chi connectivity index (χ3n) is 6.15. The molecule has 1 aliphatic heterocycles. The summed E-state index contributed by atoms with van der Waals surface area (Å²) in [6.07, 6.45) is -3.62. The lowest BCUT2D eigenvalue weighted by Crippen LogP contribution is -2.44. The fourth-order valence-electron chi connectivity index (χ4n) is 4.25. The van der Waals surface area contributed by atoms with E-state index in [9.17, 15) is 22.4 Å². The predicted octanol–water partition coefficient (Wildman–Crippen LogP) is 5.46. The van der Waals surface area contributed by atoms with Gasteiger partial charge in [0.1, 0.15) is 11.3 Å². The number of hydrogen-bond donors (Lipinski definition) is 1. The van der Waals surface area contributed by atoms with Crippen molar-refractivity contribution in [2.45, 2.75) is 20.0 Å². The molecule has 11 heteroatoms. The van der Waals surface area contributed by atoms with E-state index in [1.54, 1.807) is 19.1 Å². The Labute approximate surface area is 212 Å². The molecule has 0 saturated carbocycles. The topological polar surface area (TPSA) is 66.9 Å². The lowest BCUT2D eigenvalue weighted by Gasteiger charge is -2.35. The molecule has 1 aliphatic rings. The molecule has 0 unspecified atom stereocenters. The summed E-state index contributed by atoms with van der Waals surface area (Å²) in [5.74, 6) is -1.62. The van der Waals surface area contributed by atoms with Gasteiger partial charge in [-0.15, -0.1) is 0 Å². The first kappa shape index (κ1) is 26.5. The zero-order valence-corrected chi connectivity index (χ0v) is 20.8. The van der Waals surface area contributed by atoms with Crippen LogP contribution in [0.3, 0.4) is 0 Å². The number of aromatic nitrogens is 1. The van der Waals surface area contributed by atoms with Gasteiger partial charge in [0.05, 0.1) is 41.4 Å². The Kier molecular flexibility index (Phi) is 7.72. The highest BCUT2D eigenvalue weighted by Gasteiger charge is 2.35. The van der Waals surface area contributed by atoms with E-state index in [4.69, 9.17) is 9.47 Å².